The zero-order valence-electron chi connectivity index (χ0n) is 20.4. The smallest absolute Gasteiger partial charge is 0.184 e. The van der Waals surface area contributed by atoms with Crippen LogP contribution < -0.4 is 4.74 Å². The molecule has 172 valence electrons. The number of hydrogen-bond donors (Lipinski definition) is 0. The van der Waals surface area contributed by atoms with Gasteiger partial charge in [0.2, 0.25) is 0 Å². The number of aryl methyl sites for hydroxylation is 1. The van der Waals surface area contributed by atoms with E-state index in [2.05, 4.69) is 87.2 Å². The predicted octanol–water partition coefficient (Wildman–Crippen LogP) is 5.31. The molecule has 1 unspecified atom stereocenters. The van der Waals surface area contributed by atoms with E-state index in [1.165, 1.54) is 5.56 Å². The van der Waals surface area contributed by atoms with Crippen LogP contribution in [0.4, 0.5) is 0 Å². The van der Waals surface area contributed by atoms with Gasteiger partial charge in [0.15, 0.2) is 5.78 Å². The minimum absolute atomic E-state index is 0.0773. The number of Topliss-reactive ketones (excluding diaryl/α,β-unsaturated/α-hetero) is 1. The highest BCUT2D eigenvalue weighted by Crippen LogP contribution is 2.34. The van der Waals surface area contributed by atoms with Crippen molar-refractivity contribution in [3.05, 3.63) is 53.4 Å². The number of hydrazine groups is 1. The number of fused-ring (bicyclic) bond motifs is 1. The summed E-state index contributed by atoms with van der Waals surface area (Å²) in [5, 5.41) is 4.38. The third-order valence-electron chi connectivity index (χ3n) is 7.62. The number of hydrogen-bond acceptors (Lipinski definition) is 5. The van der Waals surface area contributed by atoms with Gasteiger partial charge in [0.25, 0.3) is 0 Å². The van der Waals surface area contributed by atoms with Crippen LogP contribution in [0.3, 0.4) is 0 Å². The predicted molar refractivity (Wildman–Crippen MR) is 129 cm³/mol. The zero-order valence-corrected chi connectivity index (χ0v) is 20.4. The molecular weight excluding hydrogens is 398 g/mol. The highest BCUT2D eigenvalue weighted by Gasteiger charge is 2.38. The molecule has 0 radical (unpaired) electrons. The topological polar surface area (TPSA) is 45.1 Å². The van der Waals surface area contributed by atoms with E-state index >= 15 is 0 Å². The Bertz CT molecular complexity index is 969. The number of ketones is 1. The van der Waals surface area contributed by atoms with E-state index in [4.69, 9.17) is 4.74 Å². The van der Waals surface area contributed by atoms with E-state index in [9.17, 15) is 4.79 Å². The van der Waals surface area contributed by atoms with Crippen molar-refractivity contribution in [2.75, 3.05) is 13.7 Å². The second-order valence-corrected chi connectivity index (χ2v) is 10.5. The van der Waals surface area contributed by atoms with E-state index in [0.29, 0.717) is 18.2 Å². The van der Waals surface area contributed by atoms with E-state index in [0.717, 1.165) is 42.7 Å². The number of carbonyl (C=O) groups is 1. The second kappa shape index (κ2) is 8.86. The molecule has 5 nitrogen and oxygen atoms in total. The quantitative estimate of drug-likeness (QED) is 0.555. The fourth-order valence-electron chi connectivity index (χ4n) is 4.21. The van der Waals surface area contributed by atoms with Crippen molar-refractivity contribution in [3.8, 4) is 5.75 Å². The average molecular weight is 436 g/mol. The lowest BCUT2D eigenvalue weighted by Crippen LogP contribution is -2.40. The first-order valence-corrected chi connectivity index (χ1v) is 11.9. The van der Waals surface area contributed by atoms with Gasteiger partial charge < -0.3 is 9.75 Å². The summed E-state index contributed by atoms with van der Waals surface area (Å²) in [5.41, 5.74) is 4.18. The molecule has 1 aromatic carbocycles. The van der Waals surface area contributed by atoms with Gasteiger partial charge in [0.1, 0.15) is 11.5 Å². The molecule has 1 aromatic rings. The zero-order chi connectivity index (χ0) is 23.0. The summed E-state index contributed by atoms with van der Waals surface area (Å²) in [6, 6.07) is 6.51. The highest BCUT2D eigenvalue weighted by atomic mass is 16.5. The lowest BCUT2D eigenvalue weighted by Gasteiger charge is -2.31. The Balaban J connectivity index is 1.45. The molecule has 1 fully saturated rings. The lowest BCUT2D eigenvalue weighted by molar-refractivity contribution is -0.118. The Kier molecular flexibility index (Phi) is 6.30. The summed E-state index contributed by atoms with van der Waals surface area (Å²) in [6.07, 6.45) is 9.13. The van der Waals surface area contributed by atoms with Gasteiger partial charge in [0.05, 0.1) is 19.2 Å². The van der Waals surface area contributed by atoms with E-state index in [1.54, 1.807) is 6.20 Å². The molecule has 4 rings (SSSR count). The molecule has 5 heteroatoms. The van der Waals surface area contributed by atoms with E-state index in [-0.39, 0.29) is 23.2 Å². The SMILES string of the molecule is Cc1cc(CN2C=C3C(C(=O)C4CCC4)=NC=CC3N2C)ccc1OCC(C)(C)C(C)C. The fraction of sp³-hybridized carbons (Fsp3) is 0.556. The number of carbonyl (C=O) groups excluding carboxylic acids is 1. The van der Waals surface area contributed by atoms with Crippen LogP contribution in [0.5, 0.6) is 5.75 Å². The monoisotopic (exact) mass is 435 g/mol. The normalized spacial score (nSPS) is 21.3. The van der Waals surface area contributed by atoms with Gasteiger partial charge in [-0.1, -0.05) is 46.2 Å². The van der Waals surface area contributed by atoms with Crippen molar-refractivity contribution in [2.24, 2.45) is 22.2 Å². The number of ether oxygens (including phenoxy) is 1. The standard InChI is InChI=1S/C27H37N3O2/c1-18(2)27(4,5)17-32-24-11-10-20(14-19(24)3)15-30-16-22-23(29(30)6)12-13-28-25(22)26(31)21-8-7-9-21/h10-14,16,18,21,23H,7-9,15,17H2,1-6H3. The van der Waals surface area contributed by atoms with Gasteiger partial charge in [-0.2, -0.15) is 0 Å². The van der Waals surface area contributed by atoms with Gasteiger partial charge in [-0.3, -0.25) is 9.79 Å². The third kappa shape index (κ3) is 4.40. The molecule has 0 amide bonds. The number of likely N-dealkylation sites (N-methyl/N-ethyl adjacent to an activating group) is 1. The Hall–Kier alpha value is -2.40. The fourth-order valence-corrected chi connectivity index (χ4v) is 4.21. The highest BCUT2D eigenvalue weighted by molar-refractivity contribution is 6.47. The van der Waals surface area contributed by atoms with Crippen LogP contribution in [-0.4, -0.2) is 41.2 Å². The molecule has 0 N–H and O–H groups in total. The first-order chi connectivity index (χ1) is 15.2. The summed E-state index contributed by atoms with van der Waals surface area (Å²) in [4.78, 5) is 17.4. The third-order valence-corrected chi connectivity index (χ3v) is 7.62. The Morgan fingerprint density at radius 3 is 2.66 bits per heavy atom. The molecule has 0 aromatic heterocycles. The molecule has 1 aliphatic carbocycles. The van der Waals surface area contributed by atoms with E-state index in [1.807, 2.05) is 0 Å². The van der Waals surface area contributed by atoms with Crippen LogP contribution in [0.25, 0.3) is 0 Å². The van der Waals surface area contributed by atoms with Gasteiger partial charge in [0, 0.05) is 36.4 Å². The number of aliphatic imine (C=N–C) groups is 1. The summed E-state index contributed by atoms with van der Waals surface area (Å²) in [7, 11) is 2.08. The number of rotatable bonds is 8. The van der Waals surface area contributed by atoms with Crippen molar-refractivity contribution in [1.29, 1.82) is 0 Å². The van der Waals surface area contributed by atoms with Crippen LogP contribution in [0.2, 0.25) is 0 Å². The van der Waals surface area contributed by atoms with Crippen molar-refractivity contribution in [3.63, 3.8) is 0 Å². The second-order valence-electron chi connectivity index (χ2n) is 10.5. The summed E-state index contributed by atoms with van der Waals surface area (Å²) < 4.78 is 6.17. The summed E-state index contributed by atoms with van der Waals surface area (Å²) in [6.45, 7) is 12.5. The van der Waals surface area contributed by atoms with Crippen LogP contribution in [-0.2, 0) is 11.3 Å². The lowest BCUT2D eigenvalue weighted by atomic mass is 9.78. The molecule has 0 bridgehead atoms. The maximum Gasteiger partial charge on any atom is 0.184 e. The Labute approximate surface area is 192 Å². The van der Waals surface area contributed by atoms with E-state index < -0.39 is 0 Å². The van der Waals surface area contributed by atoms with Gasteiger partial charge >= 0.3 is 0 Å². The molecule has 0 saturated heterocycles. The molecule has 3 aliphatic rings. The molecular formula is C27H37N3O2. The summed E-state index contributed by atoms with van der Waals surface area (Å²) >= 11 is 0. The van der Waals surface area contributed by atoms with Crippen LogP contribution in [0, 0.1) is 24.2 Å². The number of benzene rings is 1. The maximum atomic E-state index is 12.9. The van der Waals surface area contributed by atoms with Crippen molar-refractivity contribution >= 4 is 11.5 Å². The van der Waals surface area contributed by atoms with Gasteiger partial charge in [-0.15, -0.1) is 0 Å². The minimum atomic E-state index is 0.0773. The van der Waals surface area contributed by atoms with Crippen molar-refractivity contribution in [2.45, 2.75) is 66.5 Å². The molecule has 2 heterocycles. The summed E-state index contributed by atoms with van der Waals surface area (Å²) in [5.74, 6) is 1.89. The Morgan fingerprint density at radius 1 is 1.28 bits per heavy atom. The van der Waals surface area contributed by atoms with Crippen LogP contribution in [0.15, 0.2) is 47.2 Å². The first-order valence-electron chi connectivity index (χ1n) is 11.9. The first kappa shape index (κ1) is 22.8. The molecule has 32 heavy (non-hydrogen) atoms. The van der Waals surface area contributed by atoms with Crippen molar-refractivity contribution < 1.29 is 9.53 Å². The van der Waals surface area contributed by atoms with Crippen LogP contribution in [0.1, 0.15) is 58.1 Å². The van der Waals surface area contributed by atoms with Crippen LogP contribution >= 0.6 is 0 Å². The maximum absolute atomic E-state index is 12.9. The number of nitrogens with zero attached hydrogens (tertiary/aromatic N) is 3. The van der Waals surface area contributed by atoms with Crippen molar-refractivity contribution in [1.82, 2.24) is 10.0 Å². The van der Waals surface area contributed by atoms with Gasteiger partial charge in [-0.25, -0.2) is 5.01 Å². The molecule has 1 atom stereocenters. The molecule has 2 aliphatic heterocycles. The van der Waals surface area contributed by atoms with Gasteiger partial charge in [-0.05, 0) is 49.0 Å². The Morgan fingerprint density at radius 2 is 2.03 bits per heavy atom. The molecule has 0 spiro atoms. The minimum Gasteiger partial charge on any atom is -0.493 e. The largest absolute Gasteiger partial charge is 0.493 e. The molecule has 1 saturated carbocycles. The average Bonchev–Trinajstić information content (AvgIpc) is 3.01.